The van der Waals surface area contributed by atoms with Crippen molar-refractivity contribution in [1.29, 1.82) is 0 Å². The fourth-order valence-electron chi connectivity index (χ4n) is 3.72. The number of hydrogen-bond acceptors (Lipinski definition) is 6. The predicted molar refractivity (Wildman–Crippen MR) is 118 cm³/mol. The summed E-state index contributed by atoms with van der Waals surface area (Å²) in [6.07, 6.45) is 0.217. The predicted octanol–water partition coefficient (Wildman–Crippen LogP) is 3.57. The first-order chi connectivity index (χ1) is 16.4. The highest BCUT2D eigenvalue weighted by Gasteiger charge is 2.43. The molecule has 0 saturated carbocycles. The molecule has 9 nitrogen and oxygen atoms in total. The number of carbonyl (C=O) groups excluding carboxylic acids is 1. The van der Waals surface area contributed by atoms with Gasteiger partial charge in [0.2, 0.25) is 0 Å². The van der Waals surface area contributed by atoms with Gasteiger partial charge in [-0.1, -0.05) is 6.07 Å². The number of alkyl halides is 2. The van der Waals surface area contributed by atoms with E-state index in [1.165, 1.54) is 12.1 Å². The van der Waals surface area contributed by atoms with Crippen LogP contribution in [0.1, 0.15) is 21.6 Å². The summed E-state index contributed by atoms with van der Waals surface area (Å²) >= 11 is 0. The molecule has 0 saturated heterocycles. The molecule has 176 valence electrons. The van der Waals surface area contributed by atoms with Gasteiger partial charge in [-0.25, -0.2) is 4.98 Å². The minimum atomic E-state index is -3.63. The quantitative estimate of drug-likeness (QED) is 0.340. The molecule has 11 heteroatoms. The summed E-state index contributed by atoms with van der Waals surface area (Å²) in [6, 6.07) is 8.34. The third-order valence-electron chi connectivity index (χ3n) is 5.42. The Labute approximate surface area is 192 Å². The average Bonchev–Trinajstić information content (AvgIpc) is 3.50. The van der Waals surface area contributed by atoms with Crippen molar-refractivity contribution in [1.82, 2.24) is 25.5 Å². The maximum Gasteiger partial charge on any atom is 0.586 e. The normalized spacial score (nSPS) is 14.0. The summed E-state index contributed by atoms with van der Waals surface area (Å²) in [5, 5.41) is 10.4. The monoisotopic (exact) mass is 469 g/mol. The third kappa shape index (κ3) is 4.42. The highest BCUT2D eigenvalue weighted by atomic mass is 19.3. The molecule has 0 atom stereocenters. The Balaban J connectivity index is 1.09. The largest absolute Gasteiger partial charge is 0.586 e. The SMILES string of the molecule is Cc1[nH]ncc1-c1ccc2c(C(=O)NCCOCCc3ccc4c(c3)OC(F)(F)O4)c[nH]c2n1. The molecule has 1 amide bonds. The second kappa shape index (κ2) is 8.75. The van der Waals surface area contributed by atoms with Crippen LogP contribution >= 0.6 is 0 Å². The number of H-pyrrole nitrogens is 2. The Morgan fingerprint density at radius 2 is 2.03 bits per heavy atom. The van der Waals surface area contributed by atoms with Gasteiger partial charge in [-0.3, -0.25) is 9.89 Å². The topological polar surface area (TPSA) is 114 Å². The van der Waals surface area contributed by atoms with Crippen molar-refractivity contribution in [2.24, 2.45) is 0 Å². The summed E-state index contributed by atoms with van der Waals surface area (Å²) in [5.74, 6) is -0.215. The molecule has 0 aliphatic carbocycles. The van der Waals surface area contributed by atoms with Gasteiger partial charge in [0.15, 0.2) is 11.5 Å². The third-order valence-corrected chi connectivity index (χ3v) is 5.42. The van der Waals surface area contributed by atoms with Crippen LogP contribution in [0, 0.1) is 6.92 Å². The van der Waals surface area contributed by atoms with E-state index in [4.69, 9.17) is 4.74 Å². The van der Waals surface area contributed by atoms with Crippen molar-refractivity contribution in [3.8, 4) is 22.8 Å². The van der Waals surface area contributed by atoms with Gasteiger partial charge in [0, 0.05) is 29.4 Å². The number of amides is 1. The van der Waals surface area contributed by atoms with E-state index in [9.17, 15) is 13.6 Å². The lowest BCUT2D eigenvalue weighted by molar-refractivity contribution is -0.286. The van der Waals surface area contributed by atoms with Crippen molar-refractivity contribution in [3.05, 3.63) is 59.5 Å². The maximum atomic E-state index is 13.1. The van der Waals surface area contributed by atoms with Gasteiger partial charge < -0.3 is 24.5 Å². The summed E-state index contributed by atoms with van der Waals surface area (Å²) in [4.78, 5) is 20.2. The Bertz CT molecular complexity index is 1350. The van der Waals surface area contributed by atoms with E-state index in [2.05, 4.69) is 35.0 Å². The Morgan fingerprint density at radius 3 is 2.85 bits per heavy atom. The number of aromatic amines is 2. The Hall–Kier alpha value is -3.99. The van der Waals surface area contributed by atoms with E-state index in [0.717, 1.165) is 27.9 Å². The van der Waals surface area contributed by atoms with Gasteiger partial charge in [-0.2, -0.15) is 5.10 Å². The molecule has 0 unspecified atom stereocenters. The number of pyridine rings is 1. The van der Waals surface area contributed by atoms with Crippen LogP contribution in [0.25, 0.3) is 22.3 Å². The highest BCUT2D eigenvalue weighted by Crippen LogP contribution is 2.41. The van der Waals surface area contributed by atoms with Gasteiger partial charge in [0.25, 0.3) is 5.91 Å². The summed E-state index contributed by atoms with van der Waals surface area (Å²) in [7, 11) is 0. The number of fused-ring (bicyclic) bond motifs is 2. The van der Waals surface area contributed by atoms with Crippen molar-refractivity contribution >= 4 is 16.9 Å². The Kier molecular flexibility index (Phi) is 5.62. The van der Waals surface area contributed by atoms with Crippen molar-refractivity contribution < 1.29 is 27.8 Å². The highest BCUT2D eigenvalue weighted by molar-refractivity contribution is 6.06. The summed E-state index contributed by atoms with van der Waals surface area (Å²) < 4.78 is 40.6. The zero-order valence-electron chi connectivity index (χ0n) is 18.2. The van der Waals surface area contributed by atoms with Crippen LogP contribution in [-0.4, -0.2) is 52.1 Å². The van der Waals surface area contributed by atoms with Gasteiger partial charge in [0.05, 0.1) is 30.7 Å². The first-order valence-electron chi connectivity index (χ1n) is 10.6. The second-order valence-electron chi connectivity index (χ2n) is 7.77. The van der Waals surface area contributed by atoms with Crippen LogP contribution in [0.15, 0.2) is 42.7 Å². The van der Waals surface area contributed by atoms with Crippen LogP contribution in [0.3, 0.4) is 0 Å². The number of rotatable bonds is 8. The van der Waals surface area contributed by atoms with Gasteiger partial charge in [-0.05, 0) is 43.2 Å². The van der Waals surface area contributed by atoms with Crippen molar-refractivity contribution in [2.75, 3.05) is 19.8 Å². The number of ether oxygens (including phenoxy) is 3. The zero-order chi connectivity index (χ0) is 23.7. The molecule has 1 aromatic carbocycles. The molecule has 0 radical (unpaired) electrons. The van der Waals surface area contributed by atoms with Crippen LogP contribution in [0.4, 0.5) is 8.78 Å². The molecular weight excluding hydrogens is 448 g/mol. The van der Waals surface area contributed by atoms with Crippen LogP contribution < -0.4 is 14.8 Å². The molecule has 4 aromatic rings. The van der Waals surface area contributed by atoms with E-state index < -0.39 is 6.29 Å². The average molecular weight is 469 g/mol. The molecule has 0 bridgehead atoms. The molecule has 1 aliphatic heterocycles. The molecule has 4 heterocycles. The minimum Gasteiger partial charge on any atom is -0.395 e. The van der Waals surface area contributed by atoms with Gasteiger partial charge in [-0.15, -0.1) is 8.78 Å². The molecule has 3 N–H and O–H groups in total. The number of hydrogen-bond donors (Lipinski definition) is 3. The van der Waals surface area contributed by atoms with Crippen LogP contribution in [-0.2, 0) is 11.2 Å². The van der Waals surface area contributed by atoms with E-state index in [-0.39, 0.29) is 17.4 Å². The summed E-state index contributed by atoms with van der Waals surface area (Å²) in [6.45, 7) is 2.90. The Morgan fingerprint density at radius 1 is 1.18 bits per heavy atom. The lowest BCUT2D eigenvalue weighted by Gasteiger charge is -2.07. The molecule has 34 heavy (non-hydrogen) atoms. The molecule has 0 fully saturated rings. The standard InChI is InChI=1S/C23H21F2N5O4/c1-13-16(12-28-30-13)18-4-3-15-17(11-27-21(15)29-18)22(31)26-7-9-32-8-6-14-2-5-19-20(10-14)34-23(24,25)33-19/h2-5,10-12H,6-9H2,1H3,(H,26,31)(H,27,29)(H,28,30). The number of carbonyl (C=O) groups is 1. The van der Waals surface area contributed by atoms with E-state index >= 15 is 0 Å². The molecule has 1 aliphatic rings. The zero-order valence-corrected chi connectivity index (χ0v) is 18.2. The van der Waals surface area contributed by atoms with Crippen molar-refractivity contribution in [3.63, 3.8) is 0 Å². The van der Waals surface area contributed by atoms with Crippen LogP contribution in [0.2, 0.25) is 0 Å². The number of nitrogens with one attached hydrogen (secondary N) is 3. The second-order valence-corrected chi connectivity index (χ2v) is 7.77. The first-order valence-corrected chi connectivity index (χ1v) is 10.6. The van der Waals surface area contributed by atoms with E-state index in [0.29, 0.717) is 37.4 Å². The molecular formula is C23H21F2N5O4. The first kappa shape index (κ1) is 21.8. The van der Waals surface area contributed by atoms with Gasteiger partial charge in [0.1, 0.15) is 5.65 Å². The lowest BCUT2D eigenvalue weighted by Crippen LogP contribution is -2.27. The number of benzene rings is 1. The molecule has 0 spiro atoms. The summed E-state index contributed by atoms with van der Waals surface area (Å²) in [5.41, 5.74) is 4.46. The minimum absolute atomic E-state index is 0.00926. The smallest absolute Gasteiger partial charge is 0.395 e. The number of halogens is 2. The van der Waals surface area contributed by atoms with Crippen molar-refractivity contribution in [2.45, 2.75) is 19.6 Å². The van der Waals surface area contributed by atoms with Gasteiger partial charge >= 0.3 is 6.29 Å². The molecule has 5 rings (SSSR count). The van der Waals surface area contributed by atoms with Crippen LogP contribution in [0.5, 0.6) is 11.5 Å². The molecule has 3 aromatic heterocycles. The number of nitrogens with zero attached hydrogens (tertiary/aromatic N) is 2. The fraction of sp³-hybridized carbons (Fsp3) is 0.261. The fourth-order valence-corrected chi connectivity index (χ4v) is 3.72. The van der Waals surface area contributed by atoms with E-state index in [1.54, 1.807) is 18.5 Å². The lowest BCUT2D eigenvalue weighted by atomic mass is 10.1. The number of aryl methyl sites for hydroxylation is 1. The maximum absolute atomic E-state index is 13.1. The number of aromatic nitrogens is 4. The van der Waals surface area contributed by atoms with E-state index in [1.807, 2.05) is 19.1 Å².